The number of esters is 2. The van der Waals surface area contributed by atoms with Gasteiger partial charge >= 0.3 is 11.9 Å². The fraction of sp³-hybridized carbons (Fsp3) is 0.727. The highest BCUT2D eigenvalue weighted by molar-refractivity contribution is 6.07. The topological polar surface area (TPSA) is 81.7 Å². The van der Waals surface area contributed by atoms with E-state index in [0.29, 0.717) is 19.4 Å². The summed E-state index contributed by atoms with van der Waals surface area (Å²) < 4.78 is 9.81. The van der Waals surface area contributed by atoms with Crippen LogP contribution >= 0.6 is 0 Å². The second-order valence-corrected chi connectivity index (χ2v) is 4.21. The molecule has 1 N–H and O–H groups in total. The predicted octanol–water partition coefficient (Wildman–Crippen LogP) is -0.381. The van der Waals surface area contributed by atoms with Crippen LogP contribution in [0.4, 0.5) is 0 Å². The van der Waals surface area contributed by atoms with Crippen molar-refractivity contribution >= 4 is 17.8 Å². The Bertz CT molecular complexity index is 367. The lowest BCUT2D eigenvalue weighted by Gasteiger charge is -2.27. The molecule has 0 spiro atoms. The van der Waals surface area contributed by atoms with Crippen LogP contribution in [0.15, 0.2) is 0 Å². The summed E-state index contributed by atoms with van der Waals surface area (Å²) in [7, 11) is 0. The zero-order valence-electron chi connectivity index (χ0n) is 9.65. The van der Waals surface area contributed by atoms with Gasteiger partial charge in [0, 0.05) is 6.54 Å². The van der Waals surface area contributed by atoms with Gasteiger partial charge in [-0.25, -0.2) is 0 Å². The van der Waals surface area contributed by atoms with Gasteiger partial charge in [0.1, 0.15) is 0 Å². The maximum absolute atomic E-state index is 12.0. The molecule has 2 unspecified atom stereocenters. The van der Waals surface area contributed by atoms with Crippen LogP contribution in [0, 0.1) is 11.3 Å². The molecule has 2 aliphatic rings. The third kappa shape index (κ3) is 1.67. The minimum atomic E-state index is -1.37. The lowest BCUT2D eigenvalue weighted by molar-refractivity contribution is -0.167. The fourth-order valence-corrected chi connectivity index (χ4v) is 2.52. The average Bonchev–Trinajstić information content (AvgIpc) is 2.86. The number of hydrogen-bond acceptors (Lipinski definition) is 5. The van der Waals surface area contributed by atoms with Crippen molar-refractivity contribution in [3.8, 4) is 0 Å². The summed E-state index contributed by atoms with van der Waals surface area (Å²) in [5, 5.41) is 2.60. The number of rotatable bonds is 3. The van der Waals surface area contributed by atoms with Gasteiger partial charge < -0.3 is 14.8 Å². The quantitative estimate of drug-likeness (QED) is 0.538. The number of hydrogen-bond donors (Lipinski definition) is 1. The molecule has 0 radical (unpaired) electrons. The highest BCUT2D eigenvalue weighted by Gasteiger charge is 2.60. The predicted molar refractivity (Wildman–Crippen MR) is 55.8 cm³/mol. The first-order chi connectivity index (χ1) is 8.13. The monoisotopic (exact) mass is 241 g/mol. The molecule has 0 bridgehead atoms. The van der Waals surface area contributed by atoms with Crippen LogP contribution in [-0.4, -0.2) is 37.6 Å². The van der Waals surface area contributed by atoms with E-state index in [1.54, 1.807) is 6.92 Å². The SMILES string of the molecule is CCOC(=O)C1(C2CCOC2=O)CCNC1=O. The summed E-state index contributed by atoms with van der Waals surface area (Å²) in [5.41, 5.74) is -1.37. The fourth-order valence-electron chi connectivity index (χ4n) is 2.52. The van der Waals surface area contributed by atoms with Gasteiger partial charge in [0.2, 0.25) is 5.91 Å². The summed E-state index contributed by atoms with van der Waals surface area (Å²) in [4.78, 5) is 35.6. The molecule has 2 heterocycles. The normalized spacial score (nSPS) is 32.2. The number of cyclic esters (lactones) is 1. The molecule has 6 nitrogen and oxygen atoms in total. The van der Waals surface area contributed by atoms with Crippen molar-refractivity contribution < 1.29 is 23.9 Å². The molecular weight excluding hydrogens is 226 g/mol. The Morgan fingerprint density at radius 3 is 2.82 bits per heavy atom. The lowest BCUT2D eigenvalue weighted by Crippen LogP contribution is -2.47. The number of amides is 1. The van der Waals surface area contributed by atoms with Crippen LogP contribution in [0.25, 0.3) is 0 Å². The van der Waals surface area contributed by atoms with E-state index >= 15 is 0 Å². The van der Waals surface area contributed by atoms with E-state index in [1.165, 1.54) is 0 Å². The van der Waals surface area contributed by atoms with E-state index in [1.807, 2.05) is 0 Å². The Labute approximate surface area is 98.6 Å². The third-order valence-corrected chi connectivity index (χ3v) is 3.38. The van der Waals surface area contributed by atoms with Gasteiger partial charge in [-0.05, 0) is 19.8 Å². The maximum Gasteiger partial charge on any atom is 0.322 e. The zero-order valence-corrected chi connectivity index (χ0v) is 9.65. The Morgan fingerprint density at radius 2 is 2.35 bits per heavy atom. The van der Waals surface area contributed by atoms with Crippen LogP contribution in [0.1, 0.15) is 19.8 Å². The Hall–Kier alpha value is -1.59. The van der Waals surface area contributed by atoms with E-state index in [2.05, 4.69) is 5.32 Å². The van der Waals surface area contributed by atoms with Crippen LogP contribution in [0.2, 0.25) is 0 Å². The van der Waals surface area contributed by atoms with Gasteiger partial charge in [-0.2, -0.15) is 0 Å². The van der Waals surface area contributed by atoms with Crippen molar-refractivity contribution in [1.82, 2.24) is 5.32 Å². The number of carbonyl (C=O) groups excluding carboxylic acids is 3. The Morgan fingerprint density at radius 1 is 1.59 bits per heavy atom. The van der Waals surface area contributed by atoms with Crippen molar-refractivity contribution in [2.45, 2.75) is 19.8 Å². The Kier molecular flexibility index (Phi) is 3.04. The van der Waals surface area contributed by atoms with Crippen LogP contribution in [0.5, 0.6) is 0 Å². The van der Waals surface area contributed by atoms with Gasteiger partial charge in [0.15, 0.2) is 5.41 Å². The second-order valence-electron chi connectivity index (χ2n) is 4.21. The van der Waals surface area contributed by atoms with Crippen LogP contribution in [0.3, 0.4) is 0 Å². The molecule has 2 aliphatic heterocycles. The van der Waals surface area contributed by atoms with E-state index < -0.39 is 29.2 Å². The highest BCUT2D eigenvalue weighted by atomic mass is 16.5. The first-order valence-corrected chi connectivity index (χ1v) is 5.75. The van der Waals surface area contributed by atoms with Crippen LogP contribution in [-0.2, 0) is 23.9 Å². The molecule has 0 aromatic heterocycles. The van der Waals surface area contributed by atoms with Crippen molar-refractivity contribution in [1.29, 1.82) is 0 Å². The minimum Gasteiger partial charge on any atom is -0.465 e. The Balaban J connectivity index is 2.33. The summed E-state index contributed by atoms with van der Waals surface area (Å²) in [6, 6.07) is 0. The smallest absolute Gasteiger partial charge is 0.322 e. The van der Waals surface area contributed by atoms with Gasteiger partial charge in [0.05, 0.1) is 19.1 Å². The number of ether oxygens (including phenoxy) is 2. The van der Waals surface area contributed by atoms with Crippen LogP contribution < -0.4 is 5.32 Å². The summed E-state index contributed by atoms with van der Waals surface area (Å²) in [6.07, 6.45) is 0.690. The summed E-state index contributed by atoms with van der Waals surface area (Å²) in [5.74, 6) is -2.21. The van der Waals surface area contributed by atoms with E-state index in [0.717, 1.165) is 0 Å². The van der Waals surface area contributed by atoms with Crippen molar-refractivity contribution in [3.63, 3.8) is 0 Å². The number of carbonyl (C=O) groups is 3. The highest BCUT2D eigenvalue weighted by Crippen LogP contribution is 2.41. The first-order valence-electron chi connectivity index (χ1n) is 5.75. The van der Waals surface area contributed by atoms with Crippen molar-refractivity contribution in [2.24, 2.45) is 11.3 Å². The van der Waals surface area contributed by atoms with Gasteiger partial charge in [-0.1, -0.05) is 0 Å². The van der Waals surface area contributed by atoms with Gasteiger partial charge in [0.25, 0.3) is 0 Å². The van der Waals surface area contributed by atoms with E-state index in [-0.39, 0.29) is 13.2 Å². The summed E-state index contributed by atoms with van der Waals surface area (Å²) >= 11 is 0. The molecule has 1 amide bonds. The van der Waals surface area contributed by atoms with E-state index in [9.17, 15) is 14.4 Å². The molecule has 0 saturated carbocycles. The molecule has 0 aromatic carbocycles. The molecule has 2 rings (SSSR count). The van der Waals surface area contributed by atoms with Gasteiger partial charge in [-0.3, -0.25) is 14.4 Å². The minimum absolute atomic E-state index is 0.190. The van der Waals surface area contributed by atoms with Gasteiger partial charge in [-0.15, -0.1) is 0 Å². The molecule has 2 fully saturated rings. The van der Waals surface area contributed by atoms with Crippen molar-refractivity contribution in [2.75, 3.05) is 19.8 Å². The molecule has 0 aromatic rings. The molecule has 94 valence electrons. The molecule has 2 saturated heterocycles. The second kappa shape index (κ2) is 4.35. The van der Waals surface area contributed by atoms with Crippen molar-refractivity contribution in [3.05, 3.63) is 0 Å². The third-order valence-electron chi connectivity index (χ3n) is 3.38. The molecule has 6 heteroatoms. The summed E-state index contributed by atoms with van der Waals surface area (Å²) in [6.45, 7) is 2.51. The lowest BCUT2D eigenvalue weighted by atomic mass is 9.73. The molecule has 2 atom stereocenters. The molecule has 17 heavy (non-hydrogen) atoms. The maximum atomic E-state index is 12.0. The van der Waals surface area contributed by atoms with E-state index in [4.69, 9.17) is 9.47 Å². The number of nitrogens with one attached hydrogen (secondary N) is 1. The standard InChI is InChI=1S/C11H15NO5/c1-2-16-10(15)11(4-5-12-9(11)14)7-3-6-17-8(7)13/h7H,2-6H2,1H3,(H,12,14). The largest absolute Gasteiger partial charge is 0.465 e. The molecular formula is C11H15NO5. The zero-order chi connectivity index (χ0) is 12.5. The average molecular weight is 241 g/mol. The first kappa shape index (κ1) is 11.9. The molecule has 0 aliphatic carbocycles.